The summed E-state index contributed by atoms with van der Waals surface area (Å²) in [6.45, 7) is 5.26. The molecule has 0 bridgehead atoms. The van der Waals surface area contributed by atoms with Gasteiger partial charge >= 0.3 is 0 Å². The van der Waals surface area contributed by atoms with Crippen molar-refractivity contribution in [2.24, 2.45) is 0 Å². The number of amides is 1. The minimum Gasteiger partial charge on any atom is -0.346 e. The van der Waals surface area contributed by atoms with E-state index in [4.69, 9.17) is 0 Å². The second kappa shape index (κ2) is 14.7. The van der Waals surface area contributed by atoms with E-state index in [-0.39, 0.29) is 5.91 Å². The molecule has 1 aromatic heterocycles. The third kappa shape index (κ3) is 9.42. The van der Waals surface area contributed by atoms with Crippen molar-refractivity contribution in [1.29, 1.82) is 0 Å². The summed E-state index contributed by atoms with van der Waals surface area (Å²) in [5.74, 6) is 1.32. The predicted octanol–water partition coefficient (Wildman–Crippen LogP) is 5.02. The number of benzene rings is 1. The SMILES string of the molecule is CCCCSN(C)c1ccc(C(=O)NCc2cn(CCCCCCC(=O)CC)nn2)cc1. The Morgan fingerprint density at radius 3 is 2.53 bits per heavy atom. The van der Waals surface area contributed by atoms with Gasteiger partial charge in [-0.15, -0.1) is 5.10 Å². The van der Waals surface area contributed by atoms with Gasteiger partial charge in [-0.05, 0) is 43.5 Å². The quantitative estimate of drug-likeness (QED) is 0.280. The van der Waals surface area contributed by atoms with Crippen LogP contribution in [-0.2, 0) is 17.9 Å². The molecule has 0 aliphatic carbocycles. The molecule has 7 nitrogen and oxygen atoms in total. The van der Waals surface area contributed by atoms with Gasteiger partial charge in [-0.25, -0.2) is 0 Å². The first-order valence-corrected chi connectivity index (χ1v) is 12.6. The van der Waals surface area contributed by atoms with Crippen molar-refractivity contribution >= 4 is 29.3 Å². The van der Waals surface area contributed by atoms with Crippen molar-refractivity contribution in [3.05, 3.63) is 41.7 Å². The molecule has 0 saturated carbocycles. The van der Waals surface area contributed by atoms with Crippen LogP contribution >= 0.6 is 11.9 Å². The topological polar surface area (TPSA) is 80.1 Å². The van der Waals surface area contributed by atoms with E-state index in [0.29, 0.717) is 30.7 Å². The molecule has 1 heterocycles. The van der Waals surface area contributed by atoms with Gasteiger partial charge in [0.1, 0.15) is 11.5 Å². The fraction of sp³-hybridized carbons (Fsp3) is 0.583. The van der Waals surface area contributed by atoms with Gasteiger partial charge in [0.25, 0.3) is 5.91 Å². The Morgan fingerprint density at radius 1 is 1.06 bits per heavy atom. The Morgan fingerprint density at radius 2 is 1.81 bits per heavy atom. The zero-order chi connectivity index (χ0) is 23.2. The Hall–Kier alpha value is -2.35. The fourth-order valence-corrected chi connectivity index (χ4v) is 4.13. The first-order valence-electron chi connectivity index (χ1n) is 11.7. The number of ketones is 1. The molecule has 1 aromatic carbocycles. The number of rotatable bonds is 16. The van der Waals surface area contributed by atoms with E-state index in [1.165, 1.54) is 12.8 Å². The zero-order valence-electron chi connectivity index (χ0n) is 19.7. The van der Waals surface area contributed by atoms with Crippen molar-refractivity contribution in [3.8, 4) is 0 Å². The number of Topliss-reactive ketones (excluding diaryl/α,β-unsaturated/α-hetero) is 1. The molecule has 0 aliphatic rings. The summed E-state index contributed by atoms with van der Waals surface area (Å²) < 4.78 is 3.96. The first kappa shape index (κ1) is 25.9. The molecule has 0 radical (unpaired) electrons. The Bertz CT molecular complexity index is 822. The second-order valence-electron chi connectivity index (χ2n) is 7.94. The number of carbonyl (C=O) groups is 2. The standard InChI is InChI=1S/C24H37N5O2S/c1-4-6-17-32-28(3)22-14-12-20(13-15-22)24(31)25-18-21-19-29(27-26-21)16-10-8-7-9-11-23(30)5-2/h12-15,19H,4-11,16-18H2,1-3H3,(H,25,31). The second-order valence-corrected chi connectivity index (χ2v) is 9.16. The number of nitrogens with zero attached hydrogens (tertiary/aromatic N) is 4. The molecule has 32 heavy (non-hydrogen) atoms. The van der Waals surface area contributed by atoms with Gasteiger partial charge in [-0.2, -0.15) is 0 Å². The predicted molar refractivity (Wildman–Crippen MR) is 132 cm³/mol. The Kier molecular flexibility index (Phi) is 11.9. The van der Waals surface area contributed by atoms with E-state index in [1.807, 2.05) is 49.1 Å². The van der Waals surface area contributed by atoms with Crippen molar-refractivity contribution in [3.63, 3.8) is 0 Å². The number of aryl methyl sites for hydroxylation is 1. The van der Waals surface area contributed by atoms with Gasteiger partial charge < -0.3 is 9.62 Å². The lowest BCUT2D eigenvalue weighted by atomic mass is 10.1. The highest BCUT2D eigenvalue weighted by molar-refractivity contribution is 8.00. The summed E-state index contributed by atoms with van der Waals surface area (Å²) in [6, 6.07) is 7.66. The average Bonchev–Trinajstić information content (AvgIpc) is 3.27. The molecule has 0 unspecified atom stereocenters. The molecule has 1 N–H and O–H groups in total. The molecule has 176 valence electrons. The third-order valence-electron chi connectivity index (χ3n) is 5.28. The number of anilines is 1. The van der Waals surface area contributed by atoms with Crippen molar-refractivity contribution in [1.82, 2.24) is 20.3 Å². The number of hydrogen-bond donors (Lipinski definition) is 1. The van der Waals surface area contributed by atoms with E-state index < -0.39 is 0 Å². The lowest BCUT2D eigenvalue weighted by Crippen LogP contribution is -2.23. The molecule has 0 aliphatic heterocycles. The zero-order valence-corrected chi connectivity index (χ0v) is 20.5. The maximum Gasteiger partial charge on any atom is 0.251 e. The van der Waals surface area contributed by atoms with Crippen LogP contribution in [0.25, 0.3) is 0 Å². The highest BCUT2D eigenvalue weighted by Crippen LogP contribution is 2.21. The van der Waals surface area contributed by atoms with Crippen LogP contribution in [0.1, 0.15) is 81.3 Å². The maximum atomic E-state index is 12.5. The summed E-state index contributed by atoms with van der Waals surface area (Å²) >= 11 is 1.79. The van der Waals surface area contributed by atoms with Crippen LogP contribution in [0.4, 0.5) is 5.69 Å². The summed E-state index contributed by atoms with van der Waals surface area (Å²) in [6.07, 6.45) is 9.72. The largest absolute Gasteiger partial charge is 0.346 e. The molecule has 0 atom stereocenters. The fourth-order valence-electron chi connectivity index (χ4n) is 3.17. The van der Waals surface area contributed by atoms with E-state index in [0.717, 1.165) is 49.4 Å². The maximum absolute atomic E-state index is 12.5. The minimum absolute atomic E-state index is 0.117. The molecular weight excluding hydrogens is 422 g/mol. The van der Waals surface area contributed by atoms with Crippen LogP contribution in [0.5, 0.6) is 0 Å². The number of carbonyl (C=O) groups excluding carboxylic acids is 2. The Labute approximate surface area is 196 Å². The van der Waals surface area contributed by atoms with Crippen LogP contribution < -0.4 is 9.62 Å². The van der Waals surface area contributed by atoms with Crippen LogP contribution in [0.3, 0.4) is 0 Å². The summed E-state index contributed by atoms with van der Waals surface area (Å²) in [4.78, 5) is 23.7. The highest BCUT2D eigenvalue weighted by atomic mass is 32.2. The van der Waals surface area contributed by atoms with Crippen molar-refractivity contribution in [2.45, 2.75) is 78.3 Å². The van der Waals surface area contributed by atoms with Crippen LogP contribution in [0.15, 0.2) is 30.5 Å². The molecule has 0 fully saturated rings. The first-order chi connectivity index (χ1) is 15.5. The van der Waals surface area contributed by atoms with Gasteiger partial charge in [0, 0.05) is 43.4 Å². The monoisotopic (exact) mass is 459 g/mol. The molecule has 0 saturated heterocycles. The lowest BCUT2D eigenvalue weighted by Gasteiger charge is -2.17. The van der Waals surface area contributed by atoms with Gasteiger partial charge in [0.15, 0.2) is 0 Å². The lowest BCUT2D eigenvalue weighted by molar-refractivity contribution is -0.118. The van der Waals surface area contributed by atoms with E-state index in [9.17, 15) is 9.59 Å². The highest BCUT2D eigenvalue weighted by Gasteiger charge is 2.09. The molecule has 1 amide bonds. The van der Waals surface area contributed by atoms with Gasteiger partial charge in [0.2, 0.25) is 0 Å². The third-order valence-corrected chi connectivity index (χ3v) is 6.35. The Balaban J connectivity index is 1.68. The van der Waals surface area contributed by atoms with Crippen molar-refractivity contribution in [2.75, 3.05) is 17.1 Å². The number of hydrogen-bond acceptors (Lipinski definition) is 6. The average molecular weight is 460 g/mol. The number of nitrogens with one attached hydrogen (secondary N) is 1. The summed E-state index contributed by atoms with van der Waals surface area (Å²) in [5.41, 5.74) is 2.47. The van der Waals surface area contributed by atoms with E-state index in [2.05, 4.69) is 26.9 Å². The number of unbranched alkanes of at least 4 members (excludes halogenated alkanes) is 4. The molecule has 8 heteroatoms. The minimum atomic E-state index is -0.117. The van der Waals surface area contributed by atoms with Crippen molar-refractivity contribution < 1.29 is 9.59 Å². The summed E-state index contributed by atoms with van der Waals surface area (Å²) in [5, 5.41) is 11.2. The van der Waals surface area contributed by atoms with Gasteiger partial charge in [-0.1, -0.05) is 50.3 Å². The van der Waals surface area contributed by atoms with Crippen LogP contribution in [0.2, 0.25) is 0 Å². The van der Waals surface area contributed by atoms with Crippen LogP contribution in [0, 0.1) is 0 Å². The molecular formula is C24H37N5O2S. The van der Waals surface area contributed by atoms with E-state index >= 15 is 0 Å². The van der Waals surface area contributed by atoms with Crippen LogP contribution in [-0.4, -0.2) is 39.5 Å². The van der Waals surface area contributed by atoms with Gasteiger partial charge in [0.05, 0.1) is 12.7 Å². The van der Waals surface area contributed by atoms with Gasteiger partial charge in [-0.3, -0.25) is 14.3 Å². The molecule has 0 spiro atoms. The summed E-state index contributed by atoms with van der Waals surface area (Å²) in [7, 11) is 2.05. The normalized spacial score (nSPS) is 10.8. The molecule has 2 aromatic rings. The molecule has 2 rings (SSSR count). The smallest absolute Gasteiger partial charge is 0.251 e. The van der Waals surface area contributed by atoms with E-state index in [1.54, 1.807) is 11.9 Å². The number of aromatic nitrogens is 3.